The number of anilines is 2. The van der Waals surface area contributed by atoms with E-state index in [-0.39, 0.29) is 23.4 Å². The van der Waals surface area contributed by atoms with Gasteiger partial charge in [-0.15, -0.1) is 0 Å². The van der Waals surface area contributed by atoms with Gasteiger partial charge in [-0.3, -0.25) is 0 Å². The number of carbonyl (C=O) groups is 1. The average molecular weight is 353 g/mol. The number of carbonyl (C=O) groups excluding carboxylic acids is 1. The normalized spacial score (nSPS) is 14.6. The van der Waals surface area contributed by atoms with Gasteiger partial charge in [-0.25, -0.2) is 9.18 Å². The first-order chi connectivity index (χ1) is 11.8. The van der Waals surface area contributed by atoms with Gasteiger partial charge in [0.05, 0.1) is 23.2 Å². The van der Waals surface area contributed by atoms with Gasteiger partial charge >= 0.3 is 12.3 Å². The van der Waals surface area contributed by atoms with E-state index < -0.39 is 29.3 Å². The minimum atomic E-state index is -4.80. The van der Waals surface area contributed by atoms with Gasteiger partial charge in [0.25, 0.3) is 0 Å². The van der Waals surface area contributed by atoms with Crippen LogP contribution in [0.1, 0.15) is 5.56 Å². The third kappa shape index (κ3) is 3.12. The van der Waals surface area contributed by atoms with Gasteiger partial charge < -0.3 is 10.5 Å². The van der Waals surface area contributed by atoms with E-state index in [1.807, 2.05) is 0 Å². The highest BCUT2D eigenvalue weighted by molar-refractivity contribution is 5.96. The highest BCUT2D eigenvalue weighted by Gasteiger charge is 2.38. The largest absolute Gasteiger partial charge is 0.442 e. The van der Waals surface area contributed by atoms with Gasteiger partial charge in [-0.2, -0.15) is 23.3 Å². The van der Waals surface area contributed by atoms with Crippen LogP contribution in [0.4, 0.5) is 33.7 Å². The number of halogens is 4. The van der Waals surface area contributed by atoms with E-state index in [1.54, 1.807) is 0 Å². The molecule has 0 aromatic heterocycles. The summed E-state index contributed by atoms with van der Waals surface area (Å²) in [5.74, 6) is -0.577. The Morgan fingerprint density at radius 3 is 2.40 bits per heavy atom. The summed E-state index contributed by atoms with van der Waals surface area (Å²) >= 11 is 0. The predicted molar refractivity (Wildman–Crippen MR) is 83.6 cm³/mol. The lowest BCUT2D eigenvalue weighted by molar-refractivity contribution is -0.136. The van der Waals surface area contributed by atoms with Crippen molar-refractivity contribution in [1.82, 2.24) is 0 Å². The monoisotopic (exact) mass is 353 g/mol. The second kappa shape index (κ2) is 6.08. The molecule has 0 bridgehead atoms. The maximum Gasteiger partial charge on any atom is 0.435 e. The number of alkyl halides is 3. The molecule has 2 N–H and O–H groups in total. The second-order valence-corrected chi connectivity index (χ2v) is 5.11. The average Bonchev–Trinajstić information content (AvgIpc) is 2.55. The molecule has 0 radical (unpaired) electrons. The Balaban J connectivity index is 2.20. The molecule has 9 heteroatoms. The van der Waals surface area contributed by atoms with Crippen molar-refractivity contribution in [2.24, 2.45) is 5.10 Å². The second-order valence-electron chi connectivity index (χ2n) is 5.11. The smallest absolute Gasteiger partial charge is 0.435 e. The number of rotatable bonds is 2. The number of cyclic esters (lactones) is 1. The maximum absolute atomic E-state index is 13.6. The Bertz CT molecular complexity index is 848. The molecule has 0 saturated carbocycles. The number of hydrogen-bond acceptors (Lipinski definition) is 4. The molecule has 1 amide bonds. The molecule has 0 fully saturated rings. The Hall–Kier alpha value is -3.10. The predicted octanol–water partition coefficient (Wildman–Crippen LogP) is 4.04. The summed E-state index contributed by atoms with van der Waals surface area (Å²) in [6.07, 6.45) is -4.51. The van der Waals surface area contributed by atoms with Crippen LogP contribution in [0.5, 0.6) is 0 Å². The lowest BCUT2D eigenvalue weighted by Gasteiger charge is -2.24. The van der Waals surface area contributed by atoms with Gasteiger partial charge in [-0.05, 0) is 29.3 Å². The van der Waals surface area contributed by atoms with Gasteiger partial charge in [-0.1, -0.05) is 18.2 Å². The van der Waals surface area contributed by atoms with Crippen molar-refractivity contribution in [3.05, 3.63) is 47.8 Å². The Morgan fingerprint density at radius 2 is 1.80 bits per heavy atom. The molecule has 0 aliphatic carbocycles. The van der Waals surface area contributed by atoms with Crippen LogP contribution < -0.4 is 10.7 Å². The van der Waals surface area contributed by atoms with E-state index in [4.69, 9.17) is 10.5 Å². The van der Waals surface area contributed by atoms with Crippen LogP contribution in [-0.4, -0.2) is 18.9 Å². The number of benzene rings is 2. The minimum absolute atomic E-state index is 0.0744. The highest BCUT2D eigenvalue weighted by Crippen LogP contribution is 2.44. The molecule has 0 atom stereocenters. The molecule has 25 heavy (non-hydrogen) atoms. The summed E-state index contributed by atoms with van der Waals surface area (Å²) in [7, 11) is 0. The number of amides is 1. The number of hydrazone groups is 1. The summed E-state index contributed by atoms with van der Waals surface area (Å²) in [5, 5.41) is 4.37. The Morgan fingerprint density at radius 1 is 1.12 bits per heavy atom. The molecule has 1 aliphatic heterocycles. The van der Waals surface area contributed by atoms with Crippen LogP contribution in [0, 0.1) is 5.82 Å². The van der Waals surface area contributed by atoms with Crippen LogP contribution in [0.3, 0.4) is 0 Å². The Labute approximate surface area is 139 Å². The third-order valence-electron chi connectivity index (χ3n) is 3.54. The van der Waals surface area contributed by atoms with Crippen molar-refractivity contribution in [3.8, 4) is 11.1 Å². The molecule has 1 heterocycles. The first-order valence-corrected chi connectivity index (χ1v) is 7.04. The van der Waals surface area contributed by atoms with Crippen molar-refractivity contribution in [1.29, 1.82) is 0 Å². The number of nitrogen functional groups attached to an aromatic ring is 1. The van der Waals surface area contributed by atoms with E-state index in [1.165, 1.54) is 24.4 Å². The van der Waals surface area contributed by atoms with E-state index in [2.05, 4.69) is 5.10 Å². The topological polar surface area (TPSA) is 67.9 Å². The zero-order chi connectivity index (χ0) is 18.2. The molecule has 5 nitrogen and oxygen atoms in total. The molecule has 0 unspecified atom stereocenters. The zero-order valence-electron chi connectivity index (χ0n) is 12.5. The zero-order valence-corrected chi connectivity index (χ0v) is 12.5. The van der Waals surface area contributed by atoms with Crippen molar-refractivity contribution < 1.29 is 27.1 Å². The summed E-state index contributed by atoms with van der Waals surface area (Å²) in [5.41, 5.74) is 3.56. The molecular weight excluding hydrogens is 342 g/mol. The highest BCUT2D eigenvalue weighted by atomic mass is 19.4. The van der Waals surface area contributed by atoms with Crippen LogP contribution in [-0.2, 0) is 10.9 Å². The fourth-order valence-corrected chi connectivity index (χ4v) is 2.46. The lowest BCUT2D eigenvalue weighted by atomic mass is 9.96. The van der Waals surface area contributed by atoms with Crippen LogP contribution in [0.15, 0.2) is 41.5 Å². The van der Waals surface area contributed by atoms with Crippen LogP contribution in [0.2, 0.25) is 0 Å². The first-order valence-electron chi connectivity index (χ1n) is 7.04. The van der Waals surface area contributed by atoms with Crippen molar-refractivity contribution in [2.75, 3.05) is 17.3 Å². The molecule has 130 valence electrons. The molecule has 0 spiro atoms. The quantitative estimate of drug-likeness (QED) is 0.655. The summed E-state index contributed by atoms with van der Waals surface area (Å²) in [6, 6.07) is 6.91. The standard InChI is InChI=1S/C16H11F4N3O2/c17-10-3-1-9(2-4-10)11-5-6-12(14(21)13(11)16(18,19)20)23-15(24)25-8-7-22-23/h1-7H,8,21H2. The van der Waals surface area contributed by atoms with Gasteiger partial charge in [0.15, 0.2) is 0 Å². The van der Waals surface area contributed by atoms with E-state index in [9.17, 15) is 22.4 Å². The minimum Gasteiger partial charge on any atom is -0.442 e. The summed E-state index contributed by atoms with van der Waals surface area (Å²) in [4.78, 5) is 11.7. The first kappa shape index (κ1) is 16.7. The van der Waals surface area contributed by atoms with Crippen molar-refractivity contribution in [3.63, 3.8) is 0 Å². The number of hydrogen-bond donors (Lipinski definition) is 1. The molecule has 2 aromatic carbocycles. The van der Waals surface area contributed by atoms with Crippen molar-refractivity contribution in [2.45, 2.75) is 6.18 Å². The summed E-state index contributed by atoms with van der Waals surface area (Å²) < 4.78 is 58.5. The molecule has 3 rings (SSSR count). The lowest BCUT2D eigenvalue weighted by Crippen LogP contribution is -2.32. The fraction of sp³-hybridized carbons (Fsp3) is 0.125. The third-order valence-corrected chi connectivity index (χ3v) is 3.54. The van der Waals surface area contributed by atoms with E-state index in [0.717, 1.165) is 18.2 Å². The molecule has 1 aliphatic rings. The number of nitrogens with two attached hydrogens (primary N) is 1. The SMILES string of the molecule is Nc1c(N2N=CCOC2=O)ccc(-c2ccc(F)cc2)c1C(F)(F)F. The van der Waals surface area contributed by atoms with E-state index in [0.29, 0.717) is 5.01 Å². The number of nitrogens with zero attached hydrogens (tertiary/aromatic N) is 2. The fourth-order valence-electron chi connectivity index (χ4n) is 2.46. The maximum atomic E-state index is 13.6. The van der Waals surface area contributed by atoms with Gasteiger partial charge in [0, 0.05) is 0 Å². The number of ether oxygens (including phenoxy) is 1. The van der Waals surface area contributed by atoms with Crippen molar-refractivity contribution >= 4 is 23.7 Å². The Kier molecular flexibility index (Phi) is 4.07. The van der Waals surface area contributed by atoms with Crippen LogP contribution >= 0.6 is 0 Å². The molecule has 2 aromatic rings. The van der Waals surface area contributed by atoms with Gasteiger partial charge in [0.1, 0.15) is 12.4 Å². The van der Waals surface area contributed by atoms with Gasteiger partial charge in [0.2, 0.25) is 0 Å². The molecular formula is C16H11F4N3O2. The molecule has 0 saturated heterocycles. The van der Waals surface area contributed by atoms with Crippen LogP contribution in [0.25, 0.3) is 11.1 Å². The van der Waals surface area contributed by atoms with E-state index >= 15 is 0 Å². The summed E-state index contributed by atoms with van der Waals surface area (Å²) in [6.45, 7) is -0.0744.